The van der Waals surface area contributed by atoms with E-state index in [0.717, 1.165) is 12.8 Å². The highest BCUT2D eigenvalue weighted by molar-refractivity contribution is 5.95. The molecule has 1 fully saturated rings. The van der Waals surface area contributed by atoms with Crippen molar-refractivity contribution in [3.05, 3.63) is 52.6 Å². The SMILES string of the molecule is CC1CCCN(C(=O)c2ccc(-n3ccnc3)c([N+](=O)[O-])c2)C1CO. The van der Waals surface area contributed by atoms with E-state index in [4.69, 9.17) is 0 Å². The van der Waals surface area contributed by atoms with E-state index in [1.165, 1.54) is 23.2 Å². The van der Waals surface area contributed by atoms with E-state index in [-0.39, 0.29) is 35.7 Å². The van der Waals surface area contributed by atoms with Crippen LogP contribution < -0.4 is 0 Å². The van der Waals surface area contributed by atoms with Crippen LogP contribution in [0.15, 0.2) is 36.9 Å². The van der Waals surface area contributed by atoms with Gasteiger partial charge in [0.05, 0.1) is 23.9 Å². The minimum absolute atomic E-state index is 0.109. The third kappa shape index (κ3) is 3.25. The summed E-state index contributed by atoms with van der Waals surface area (Å²) in [5.41, 5.74) is 0.447. The largest absolute Gasteiger partial charge is 0.394 e. The van der Waals surface area contributed by atoms with Gasteiger partial charge in [-0.15, -0.1) is 0 Å². The van der Waals surface area contributed by atoms with Crippen molar-refractivity contribution in [3.63, 3.8) is 0 Å². The molecule has 0 aliphatic carbocycles. The summed E-state index contributed by atoms with van der Waals surface area (Å²) in [5.74, 6) is -0.0891. The zero-order valence-electron chi connectivity index (χ0n) is 13.9. The van der Waals surface area contributed by atoms with Crippen LogP contribution in [0.2, 0.25) is 0 Å². The summed E-state index contributed by atoms with van der Waals surface area (Å²) < 4.78 is 1.53. The highest BCUT2D eigenvalue weighted by Gasteiger charge is 2.32. The standard InChI is InChI=1S/C17H20N4O4/c1-12-3-2-7-20(16(12)10-22)17(23)13-4-5-14(15(9-13)21(24)25)19-8-6-18-11-19/h4-6,8-9,11-12,16,22H,2-3,7,10H2,1H3. The molecule has 2 unspecified atom stereocenters. The lowest BCUT2D eigenvalue weighted by molar-refractivity contribution is -0.384. The van der Waals surface area contributed by atoms with Gasteiger partial charge in [0.15, 0.2) is 0 Å². The maximum Gasteiger partial charge on any atom is 0.294 e. The van der Waals surface area contributed by atoms with Crippen LogP contribution in [0.25, 0.3) is 5.69 Å². The predicted octanol–water partition coefficient (Wildman–Crippen LogP) is 2.01. The van der Waals surface area contributed by atoms with E-state index in [1.807, 2.05) is 6.92 Å². The monoisotopic (exact) mass is 344 g/mol. The average molecular weight is 344 g/mol. The van der Waals surface area contributed by atoms with Gasteiger partial charge in [-0.3, -0.25) is 14.9 Å². The Labute approximate surface area is 144 Å². The molecule has 1 aliphatic rings. The first-order valence-electron chi connectivity index (χ1n) is 8.21. The quantitative estimate of drug-likeness (QED) is 0.675. The Morgan fingerprint density at radius 3 is 2.92 bits per heavy atom. The molecule has 2 heterocycles. The molecular weight excluding hydrogens is 324 g/mol. The number of hydrogen-bond donors (Lipinski definition) is 1. The number of amides is 1. The van der Waals surface area contributed by atoms with E-state index in [0.29, 0.717) is 12.2 Å². The summed E-state index contributed by atoms with van der Waals surface area (Å²) in [5, 5.41) is 21.1. The van der Waals surface area contributed by atoms with Crippen LogP contribution in [0.3, 0.4) is 0 Å². The first-order chi connectivity index (χ1) is 12.0. The molecule has 1 amide bonds. The Hall–Kier alpha value is -2.74. The normalized spacial score (nSPS) is 20.5. The highest BCUT2D eigenvalue weighted by atomic mass is 16.6. The summed E-state index contributed by atoms with van der Waals surface area (Å²) in [7, 11) is 0. The molecule has 1 aromatic carbocycles. The van der Waals surface area contributed by atoms with Crippen molar-refractivity contribution < 1.29 is 14.8 Å². The van der Waals surface area contributed by atoms with Gasteiger partial charge in [0.1, 0.15) is 5.69 Å². The minimum atomic E-state index is -0.505. The van der Waals surface area contributed by atoms with Crippen LogP contribution in [-0.4, -0.2) is 49.6 Å². The Balaban J connectivity index is 1.96. The third-order valence-corrected chi connectivity index (χ3v) is 4.77. The van der Waals surface area contributed by atoms with Crippen LogP contribution in [0, 0.1) is 16.0 Å². The van der Waals surface area contributed by atoms with E-state index in [2.05, 4.69) is 4.98 Å². The number of nitro groups is 1. The molecule has 0 radical (unpaired) electrons. The van der Waals surface area contributed by atoms with Gasteiger partial charge in [-0.05, 0) is 30.9 Å². The van der Waals surface area contributed by atoms with Crippen molar-refractivity contribution in [2.75, 3.05) is 13.2 Å². The summed E-state index contributed by atoms with van der Waals surface area (Å²) >= 11 is 0. The fourth-order valence-electron chi connectivity index (χ4n) is 3.37. The van der Waals surface area contributed by atoms with Gasteiger partial charge in [0.25, 0.3) is 11.6 Å². The Bertz CT molecular complexity index is 775. The van der Waals surface area contributed by atoms with Crippen LogP contribution in [0.4, 0.5) is 5.69 Å². The molecule has 25 heavy (non-hydrogen) atoms. The second-order valence-electron chi connectivity index (χ2n) is 6.30. The number of aromatic nitrogens is 2. The second kappa shape index (κ2) is 7.02. The molecular formula is C17H20N4O4. The molecule has 0 saturated carbocycles. The number of aliphatic hydroxyl groups excluding tert-OH is 1. The van der Waals surface area contributed by atoms with E-state index in [1.54, 1.807) is 23.2 Å². The van der Waals surface area contributed by atoms with Gasteiger partial charge in [0, 0.05) is 30.6 Å². The fraction of sp³-hybridized carbons (Fsp3) is 0.412. The van der Waals surface area contributed by atoms with Crippen molar-refractivity contribution in [1.82, 2.24) is 14.5 Å². The lowest BCUT2D eigenvalue weighted by Crippen LogP contribution is -2.49. The maximum absolute atomic E-state index is 12.9. The number of hydrogen-bond acceptors (Lipinski definition) is 5. The Morgan fingerprint density at radius 2 is 2.28 bits per heavy atom. The van der Waals surface area contributed by atoms with Gasteiger partial charge in [-0.1, -0.05) is 6.92 Å². The predicted molar refractivity (Wildman–Crippen MR) is 90.5 cm³/mol. The first kappa shape index (κ1) is 17.1. The molecule has 3 rings (SSSR count). The van der Waals surface area contributed by atoms with Gasteiger partial charge in [0.2, 0.25) is 0 Å². The first-order valence-corrected chi connectivity index (χ1v) is 8.21. The number of carbonyl (C=O) groups is 1. The number of piperidine rings is 1. The minimum Gasteiger partial charge on any atom is -0.394 e. The summed E-state index contributed by atoms with van der Waals surface area (Å²) in [6.45, 7) is 2.44. The van der Waals surface area contributed by atoms with E-state index < -0.39 is 4.92 Å². The molecule has 1 aromatic heterocycles. The molecule has 8 nitrogen and oxygen atoms in total. The number of benzene rings is 1. The van der Waals surface area contributed by atoms with Gasteiger partial charge >= 0.3 is 0 Å². The van der Waals surface area contributed by atoms with Crippen LogP contribution in [0.5, 0.6) is 0 Å². The molecule has 1 N–H and O–H groups in total. The maximum atomic E-state index is 12.9. The Morgan fingerprint density at radius 1 is 1.48 bits per heavy atom. The van der Waals surface area contributed by atoms with Gasteiger partial charge in [-0.2, -0.15) is 0 Å². The fourth-order valence-corrected chi connectivity index (χ4v) is 3.37. The number of likely N-dealkylation sites (tertiary alicyclic amines) is 1. The number of nitro benzene ring substituents is 1. The van der Waals surface area contributed by atoms with Crippen molar-refractivity contribution in [2.45, 2.75) is 25.8 Å². The smallest absolute Gasteiger partial charge is 0.294 e. The van der Waals surface area contributed by atoms with Crippen molar-refractivity contribution >= 4 is 11.6 Å². The molecule has 0 bridgehead atoms. The molecule has 1 aliphatic heterocycles. The third-order valence-electron chi connectivity index (χ3n) is 4.77. The Kier molecular flexibility index (Phi) is 4.80. The highest BCUT2D eigenvalue weighted by Crippen LogP contribution is 2.28. The van der Waals surface area contributed by atoms with Crippen LogP contribution in [-0.2, 0) is 0 Å². The topological polar surface area (TPSA) is 102 Å². The van der Waals surface area contributed by atoms with Crippen LogP contribution >= 0.6 is 0 Å². The lowest BCUT2D eigenvalue weighted by atomic mass is 9.90. The zero-order chi connectivity index (χ0) is 18.0. The number of nitrogens with zero attached hydrogens (tertiary/aromatic N) is 4. The molecule has 2 atom stereocenters. The molecule has 8 heteroatoms. The summed E-state index contributed by atoms with van der Waals surface area (Å²) in [6, 6.07) is 4.17. The summed E-state index contributed by atoms with van der Waals surface area (Å²) in [6.07, 6.45) is 6.42. The lowest BCUT2D eigenvalue weighted by Gasteiger charge is -2.39. The van der Waals surface area contributed by atoms with Crippen LogP contribution in [0.1, 0.15) is 30.1 Å². The summed E-state index contributed by atoms with van der Waals surface area (Å²) in [4.78, 5) is 29.3. The average Bonchev–Trinajstić information content (AvgIpc) is 3.14. The van der Waals surface area contributed by atoms with Gasteiger partial charge < -0.3 is 14.6 Å². The van der Waals surface area contributed by atoms with Crippen molar-refractivity contribution in [1.29, 1.82) is 0 Å². The van der Waals surface area contributed by atoms with Crippen molar-refractivity contribution in [2.24, 2.45) is 5.92 Å². The second-order valence-corrected chi connectivity index (χ2v) is 6.30. The molecule has 2 aromatic rings. The van der Waals surface area contributed by atoms with E-state index in [9.17, 15) is 20.0 Å². The number of rotatable bonds is 4. The number of aliphatic hydroxyl groups is 1. The molecule has 1 saturated heterocycles. The zero-order valence-corrected chi connectivity index (χ0v) is 13.9. The van der Waals surface area contributed by atoms with E-state index >= 15 is 0 Å². The molecule has 132 valence electrons. The van der Waals surface area contributed by atoms with Gasteiger partial charge in [-0.25, -0.2) is 4.98 Å². The number of imidazole rings is 1. The molecule has 0 spiro atoms. The van der Waals surface area contributed by atoms with Crippen molar-refractivity contribution in [3.8, 4) is 5.69 Å². The number of carbonyl (C=O) groups excluding carboxylic acids is 1.